The second-order valence-corrected chi connectivity index (χ2v) is 7.71. The molecule has 0 unspecified atom stereocenters. The first kappa shape index (κ1) is 19.9. The van der Waals surface area contributed by atoms with Gasteiger partial charge >= 0.3 is 12.0 Å². The lowest BCUT2D eigenvalue weighted by atomic mass is 9.80. The van der Waals surface area contributed by atoms with Crippen molar-refractivity contribution >= 4 is 17.7 Å². The minimum absolute atomic E-state index is 0.0563. The number of nitrogens with one attached hydrogen (secondary N) is 2. The molecule has 0 aromatic heterocycles. The average Bonchev–Trinajstić information content (AvgIpc) is 2.64. The summed E-state index contributed by atoms with van der Waals surface area (Å²) in [7, 11) is 0. The molecule has 2 N–H and O–H groups in total. The van der Waals surface area contributed by atoms with Gasteiger partial charge in [0.05, 0.1) is 16.5 Å². The highest BCUT2D eigenvalue weighted by Crippen LogP contribution is 2.33. The number of ether oxygens (including phenoxy) is 1. The Morgan fingerprint density at radius 2 is 1.86 bits per heavy atom. The molecule has 8 nitrogen and oxygen atoms in total. The van der Waals surface area contributed by atoms with Crippen LogP contribution >= 0.6 is 0 Å². The summed E-state index contributed by atoms with van der Waals surface area (Å²) in [5.41, 5.74) is 1.27. The number of esters is 1. The molecule has 8 heteroatoms. The lowest BCUT2D eigenvalue weighted by Gasteiger charge is -2.33. The van der Waals surface area contributed by atoms with E-state index >= 15 is 0 Å². The highest BCUT2D eigenvalue weighted by molar-refractivity contribution is 5.95. The van der Waals surface area contributed by atoms with Gasteiger partial charge in [0.1, 0.15) is 6.10 Å². The number of non-ortho nitro benzene ring substituents is 1. The van der Waals surface area contributed by atoms with Crippen LogP contribution in [0.4, 0.5) is 10.5 Å². The molecule has 1 aliphatic heterocycles. The minimum atomic E-state index is -0.720. The van der Waals surface area contributed by atoms with E-state index in [4.69, 9.17) is 4.74 Å². The Kier molecular flexibility index (Phi) is 5.67. The molecule has 4 atom stereocenters. The smallest absolute Gasteiger partial charge is 0.338 e. The third-order valence-corrected chi connectivity index (χ3v) is 5.75. The first-order valence-electron chi connectivity index (χ1n) is 9.50. The van der Waals surface area contributed by atoms with Crippen LogP contribution in [0.3, 0.4) is 0 Å². The normalized spacial score (nSPS) is 27.6. The molecule has 0 spiro atoms. The number of nitrogens with zero attached hydrogens (tertiary/aromatic N) is 1. The van der Waals surface area contributed by atoms with Crippen molar-refractivity contribution in [2.24, 2.45) is 11.8 Å². The number of benzene rings is 1. The van der Waals surface area contributed by atoms with Gasteiger partial charge in [0.2, 0.25) is 0 Å². The highest BCUT2D eigenvalue weighted by atomic mass is 16.6. The molecule has 0 radical (unpaired) electrons. The lowest BCUT2D eigenvalue weighted by Crippen LogP contribution is -2.45. The number of urea groups is 1. The maximum atomic E-state index is 13.0. The predicted octanol–water partition coefficient (Wildman–Crippen LogP) is 3.59. The van der Waals surface area contributed by atoms with Gasteiger partial charge in [-0.05, 0) is 55.7 Å². The summed E-state index contributed by atoms with van der Waals surface area (Å²) in [5, 5.41) is 16.2. The molecule has 1 aromatic rings. The van der Waals surface area contributed by atoms with Crippen molar-refractivity contribution in [3.05, 3.63) is 51.2 Å². The molecule has 0 saturated heterocycles. The van der Waals surface area contributed by atoms with Gasteiger partial charge in [-0.3, -0.25) is 10.1 Å². The van der Waals surface area contributed by atoms with Gasteiger partial charge in [0.15, 0.2) is 0 Å². The number of allylic oxidation sites excluding steroid dienone is 1. The van der Waals surface area contributed by atoms with Gasteiger partial charge in [-0.2, -0.15) is 0 Å². The predicted molar refractivity (Wildman–Crippen MR) is 102 cm³/mol. The van der Waals surface area contributed by atoms with E-state index in [-0.39, 0.29) is 11.8 Å². The Bertz CT molecular complexity index is 818. The van der Waals surface area contributed by atoms with Crippen LogP contribution in [-0.2, 0) is 9.53 Å². The summed E-state index contributed by atoms with van der Waals surface area (Å²) < 4.78 is 5.77. The minimum Gasteiger partial charge on any atom is -0.459 e. The molecule has 3 rings (SSSR count). The Balaban J connectivity index is 1.83. The Morgan fingerprint density at radius 1 is 1.18 bits per heavy atom. The molecular formula is C20H25N3O5. The number of carbonyl (C=O) groups excluding carboxylic acids is 2. The topological polar surface area (TPSA) is 111 Å². The van der Waals surface area contributed by atoms with Gasteiger partial charge in [0, 0.05) is 17.8 Å². The van der Waals surface area contributed by atoms with Crippen LogP contribution in [-0.4, -0.2) is 23.0 Å². The first-order valence-corrected chi connectivity index (χ1v) is 9.50. The zero-order valence-corrected chi connectivity index (χ0v) is 16.2. The van der Waals surface area contributed by atoms with Crippen LogP contribution < -0.4 is 10.6 Å². The summed E-state index contributed by atoms with van der Waals surface area (Å²) in [6, 6.07) is 4.64. The van der Waals surface area contributed by atoms with E-state index in [9.17, 15) is 19.7 Å². The van der Waals surface area contributed by atoms with Gasteiger partial charge in [-0.25, -0.2) is 9.59 Å². The monoisotopic (exact) mass is 387 g/mol. The van der Waals surface area contributed by atoms with Crippen LogP contribution in [0, 0.1) is 22.0 Å². The number of hydrogen-bond donors (Lipinski definition) is 2. The Morgan fingerprint density at radius 3 is 2.46 bits per heavy atom. The SMILES string of the molecule is CC1=C(C(=O)O[C@H]2CC[C@@H](C)[C@@H](C)C2)[C@@H](c2ccc([N+](=O)[O-])cc2)NC(=O)N1. The van der Waals surface area contributed by atoms with Crippen molar-refractivity contribution in [3.8, 4) is 0 Å². The average molecular weight is 387 g/mol. The van der Waals surface area contributed by atoms with Crippen LogP contribution in [0.1, 0.15) is 51.6 Å². The fourth-order valence-electron chi connectivity index (χ4n) is 3.82. The van der Waals surface area contributed by atoms with Crippen molar-refractivity contribution in [3.63, 3.8) is 0 Å². The number of amides is 2. The van der Waals surface area contributed by atoms with Gasteiger partial charge < -0.3 is 15.4 Å². The maximum Gasteiger partial charge on any atom is 0.338 e. The van der Waals surface area contributed by atoms with E-state index in [1.54, 1.807) is 19.1 Å². The summed E-state index contributed by atoms with van der Waals surface area (Å²) in [6.45, 7) is 6.02. The molecule has 1 aromatic carbocycles. The molecule has 1 heterocycles. The molecule has 150 valence electrons. The number of hydrogen-bond acceptors (Lipinski definition) is 5. The molecule has 1 fully saturated rings. The van der Waals surface area contributed by atoms with Crippen molar-refractivity contribution in [1.29, 1.82) is 0 Å². The summed E-state index contributed by atoms with van der Waals surface area (Å²) in [6.07, 6.45) is 2.51. The number of rotatable bonds is 4. The second-order valence-electron chi connectivity index (χ2n) is 7.71. The van der Waals surface area contributed by atoms with E-state index in [0.29, 0.717) is 28.7 Å². The van der Waals surface area contributed by atoms with Gasteiger partial charge in [-0.1, -0.05) is 13.8 Å². The molecule has 1 aliphatic carbocycles. The van der Waals surface area contributed by atoms with Crippen LogP contribution in [0.2, 0.25) is 0 Å². The van der Waals surface area contributed by atoms with E-state index in [1.165, 1.54) is 12.1 Å². The standard InChI is InChI=1S/C20H25N3O5/c1-11-4-9-16(10-12(11)2)28-19(24)17-13(3)21-20(25)22-18(17)14-5-7-15(8-6-14)23(26)27/h5-8,11-12,16,18H,4,9-10H2,1-3H3,(H2,21,22,25)/t11-,12+,16+,18-/m1/s1. The van der Waals surface area contributed by atoms with Crippen LogP contribution in [0.15, 0.2) is 35.5 Å². The summed E-state index contributed by atoms with van der Waals surface area (Å²) in [4.78, 5) is 35.3. The van der Waals surface area contributed by atoms with E-state index in [0.717, 1.165) is 19.3 Å². The van der Waals surface area contributed by atoms with Gasteiger partial charge in [0.25, 0.3) is 5.69 Å². The van der Waals surface area contributed by atoms with Crippen molar-refractivity contribution in [1.82, 2.24) is 10.6 Å². The number of nitro benzene ring substituents is 1. The quantitative estimate of drug-likeness (QED) is 0.466. The third kappa shape index (κ3) is 4.16. The third-order valence-electron chi connectivity index (χ3n) is 5.75. The lowest BCUT2D eigenvalue weighted by molar-refractivity contribution is -0.384. The first-order chi connectivity index (χ1) is 13.3. The zero-order valence-electron chi connectivity index (χ0n) is 16.2. The summed E-state index contributed by atoms with van der Waals surface area (Å²) >= 11 is 0. The number of carbonyl (C=O) groups is 2. The van der Waals surface area contributed by atoms with Crippen molar-refractivity contribution in [2.45, 2.75) is 52.2 Å². The van der Waals surface area contributed by atoms with Gasteiger partial charge in [-0.15, -0.1) is 0 Å². The fraction of sp³-hybridized carbons (Fsp3) is 0.500. The number of nitro groups is 1. The largest absolute Gasteiger partial charge is 0.459 e. The molecule has 2 amide bonds. The van der Waals surface area contributed by atoms with Crippen LogP contribution in [0.25, 0.3) is 0 Å². The maximum absolute atomic E-state index is 13.0. The molecule has 28 heavy (non-hydrogen) atoms. The molecule has 2 aliphatic rings. The van der Waals surface area contributed by atoms with Crippen LogP contribution in [0.5, 0.6) is 0 Å². The van der Waals surface area contributed by atoms with E-state index < -0.39 is 23.0 Å². The molecule has 1 saturated carbocycles. The van der Waals surface area contributed by atoms with E-state index in [2.05, 4.69) is 24.5 Å². The highest BCUT2D eigenvalue weighted by Gasteiger charge is 2.35. The van der Waals surface area contributed by atoms with Crippen molar-refractivity contribution in [2.75, 3.05) is 0 Å². The molecule has 0 bridgehead atoms. The fourth-order valence-corrected chi connectivity index (χ4v) is 3.82. The molecular weight excluding hydrogens is 362 g/mol. The zero-order chi connectivity index (χ0) is 20.4. The van der Waals surface area contributed by atoms with Crippen molar-refractivity contribution < 1.29 is 19.2 Å². The summed E-state index contributed by atoms with van der Waals surface area (Å²) in [5.74, 6) is 0.621. The Hall–Kier alpha value is -2.90. The second kappa shape index (κ2) is 8.00. The Labute approximate surface area is 163 Å². The van der Waals surface area contributed by atoms with E-state index in [1.807, 2.05) is 0 Å².